The smallest absolute Gasteiger partial charge is 0.134 e. The van der Waals surface area contributed by atoms with Crippen molar-refractivity contribution in [3.05, 3.63) is 34.6 Å². The van der Waals surface area contributed by atoms with E-state index in [9.17, 15) is 0 Å². The number of benzene rings is 1. The van der Waals surface area contributed by atoms with Crippen molar-refractivity contribution in [1.29, 1.82) is 0 Å². The highest BCUT2D eigenvalue weighted by Gasteiger charge is 2.30. The molecule has 1 aliphatic carbocycles. The first-order valence-corrected chi connectivity index (χ1v) is 7.79. The summed E-state index contributed by atoms with van der Waals surface area (Å²) >= 11 is 0. The molecular weight excluding hydrogens is 246 g/mol. The molecule has 1 aliphatic rings. The van der Waals surface area contributed by atoms with E-state index in [1.165, 1.54) is 34.9 Å². The highest BCUT2D eigenvalue weighted by Crippen LogP contribution is 2.46. The zero-order valence-electron chi connectivity index (χ0n) is 13.0. The standard InChI is InChI=1S/C18H25NO/c1-11(2)9-19-10-17-18(14-5-6-14)15-7-12(3)13(4)8-16(15)20-17/h7-8,11,14,19H,5-6,9-10H2,1-4H3. The number of hydrogen-bond donors (Lipinski definition) is 1. The summed E-state index contributed by atoms with van der Waals surface area (Å²) in [5.74, 6) is 2.57. The quantitative estimate of drug-likeness (QED) is 0.854. The summed E-state index contributed by atoms with van der Waals surface area (Å²) in [5.41, 5.74) is 5.22. The Balaban J connectivity index is 1.96. The number of furan rings is 1. The van der Waals surface area contributed by atoms with Gasteiger partial charge in [-0.05, 0) is 68.3 Å². The van der Waals surface area contributed by atoms with Gasteiger partial charge in [-0.15, -0.1) is 0 Å². The summed E-state index contributed by atoms with van der Waals surface area (Å²) in [6.45, 7) is 10.7. The molecule has 0 radical (unpaired) electrons. The summed E-state index contributed by atoms with van der Waals surface area (Å²) in [6, 6.07) is 4.51. The Morgan fingerprint density at radius 2 is 1.90 bits per heavy atom. The van der Waals surface area contributed by atoms with Crippen molar-refractivity contribution >= 4 is 11.0 Å². The minimum Gasteiger partial charge on any atom is -0.459 e. The minimum atomic E-state index is 0.674. The monoisotopic (exact) mass is 271 g/mol. The van der Waals surface area contributed by atoms with Gasteiger partial charge in [-0.25, -0.2) is 0 Å². The van der Waals surface area contributed by atoms with Crippen LogP contribution < -0.4 is 5.32 Å². The van der Waals surface area contributed by atoms with Crippen LogP contribution in [0, 0.1) is 19.8 Å². The van der Waals surface area contributed by atoms with Crippen LogP contribution in [0.5, 0.6) is 0 Å². The molecule has 0 bridgehead atoms. The molecule has 0 atom stereocenters. The van der Waals surface area contributed by atoms with Gasteiger partial charge in [0, 0.05) is 10.9 Å². The lowest BCUT2D eigenvalue weighted by atomic mass is 10.0. The maximum absolute atomic E-state index is 6.16. The number of aryl methyl sites for hydroxylation is 2. The molecule has 0 saturated heterocycles. The first-order chi connectivity index (χ1) is 9.56. The van der Waals surface area contributed by atoms with E-state index in [0.717, 1.165) is 30.4 Å². The zero-order chi connectivity index (χ0) is 14.3. The number of rotatable bonds is 5. The molecule has 0 amide bonds. The summed E-state index contributed by atoms with van der Waals surface area (Å²) in [7, 11) is 0. The Labute approximate surface area is 121 Å². The van der Waals surface area contributed by atoms with Crippen LogP contribution >= 0.6 is 0 Å². The van der Waals surface area contributed by atoms with E-state index >= 15 is 0 Å². The van der Waals surface area contributed by atoms with Gasteiger partial charge < -0.3 is 9.73 Å². The molecule has 1 heterocycles. The second-order valence-corrected chi connectivity index (χ2v) is 6.67. The fourth-order valence-corrected chi connectivity index (χ4v) is 2.85. The predicted octanol–water partition coefficient (Wildman–Crippen LogP) is 4.67. The van der Waals surface area contributed by atoms with Crippen molar-refractivity contribution in [3.8, 4) is 0 Å². The fraction of sp³-hybridized carbons (Fsp3) is 0.556. The first-order valence-electron chi connectivity index (χ1n) is 7.79. The first kappa shape index (κ1) is 13.7. The highest BCUT2D eigenvalue weighted by atomic mass is 16.3. The fourth-order valence-electron chi connectivity index (χ4n) is 2.85. The molecule has 2 heteroatoms. The van der Waals surface area contributed by atoms with Crippen molar-refractivity contribution in [2.24, 2.45) is 5.92 Å². The van der Waals surface area contributed by atoms with Gasteiger partial charge in [0.25, 0.3) is 0 Å². The van der Waals surface area contributed by atoms with Crippen molar-refractivity contribution in [1.82, 2.24) is 5.32 Å². The van der Waals surface area contributed by atoms with E-state index in [4.69, 9.17) is 4.42 Å². The second-order valence-electron chi connectivity index (χ2n) is 6.67. The third kappa shape index (κ3) is 2.62. The van der Waals surface area contributed by atoms with Crippen molar-refractivity contribution < 1.29 is 4.42 Å². The molecule has 1 N–H and O–H groups in total. The summed E-state index contributed by atoms with van der Waals surface area (Å²) in [4.78, 5) is 0. The molecule has 0 aliphatic heterocycles. The molecular formula is C18H25NO. The van der Waals surface area contributed by atoms with Crippen LogP contribution in [0.1, 0.15) is 55.1 Å². The number of fused-ring (bicyclic) bond motifs is 1. The summed E-state index contributed by atoms with van der Waals surface area (Å²) in [5, 5.41) is 4.87. The summed E-state index contributed by atoms with van der Waals surface area (Å²) < 4.78 is 6.16. The normalized spacial score (nSPS) is 15.4. The molecule has 108 valence electrons. The molecule has 1 aromatic heterocycles. The van der Waals surface area contributed by atoms with Gasteiger partial charge in [-0.1, -0.05) is 13.8 Å². The van der Waals surface area contributed by atoms with Gasteiger partial charge in [0.1, 0.15) is 11.3 Å². The Morgan fingerprint density at radius 3 is 2.55 bits per heavy atom. The van der Waals surface area contributed by atoms with Crippen LogP contribution in [0.4, 0.5) is 0 Å². The zero-order valence-corrected chi connectivity index (χ0v) is 13.0. The van der Waals surface area contributed by atoms with Crippen LogP contribution in [-0.2, 0) is 6.54 Å². The molecule has 0 unspecified atom stereocenters. The van der Waals surface area contributed by atoms with Crippen LogP contribution in [0.15, 0.2) is 16.5 Å². The predicted molar refractivity (Wildman–Crippen MR) is 84.2 cm³/mol. The van der Waals surface area contributed by atoms with Gasteiger partial charge >= 0.3 is 0 Å². The Bertz CT molecular complexity index is 620. The molecule has 1 fully saturated rings. The average molecular weight is 271 g/mol. The van der Waals surface area contributed by atoms with Crippen molar-refractivity contribution in [3.63, 3.8) is 0 Å². The lowest BCUT2D eigenvalue weighted by Crippen LogP contribution is -2.19. The van der Waals surface area contributed by atoms with Gasteiger partial charge in [-0.2, -0.15) is 0 Å². The maximum Gasteiger partial charge on any atom is 0.134 e. The third-order valence-corrected chi connectivity index (χ3v) is 4.24. The second kappa shape index (κ2) is 5.25. The van der Waals surface area contributed by atoms with Crippen LogP contribution in [0.2, 0.25) is 0 Å². The molecule has 1 aromatic carbocycles. The van der Waals surface area contributed by atoms with E-state index in [2.05, 4.69) is 45.1 Å². The SMILES string of the molecule is Cc1cc2oc(CNCC(C)C)c(C3CC3)c2cc1C. The Kier molecular flexibility index (Phi) is 3.59. The van der Waals surface area contributed by atoms with Crippen molar-refractivity contribution in [2.75, 3.05) is 6.54 Å². The molecule has 3 rings (SSSR count). The average Bonchev–Trinajstić information content (AvgIpc) is 3.14. The van der Waals surface area contributed by atoms with E-state index in [0.29, 0.717) is 5.92 Å². The largest absolute Gasteiger partial charge is 0.459 e. The maximum atomic E-state index is 6.16. The molecule has 1 saturated carbocycles. The highest BCUT2D eigenvalue weighted by molar-refractivity contribution is 5.85. The van der Waals surface area contributed by atoms with Gasteiger partial charge in [0.05, 0.1) is 6.54 Å². The lowest BCUT2D eigenvalue weighted by molar-refractivity contribution is 0.481. The summed E-state index contributed by atoms with van der Waals surface area (Å²) in [6.07, 6.45) is 2.64. The Hall–Kier alpha value is -1.28. The topological polar surface area (TPSA) is 25.2 Å². The van der Waals surface area contributed by atoms with Crippen LogP contribution in [0.25, 0.3) is 11.0 Å². The number of nitrogens with one attached hydrogen (secondary N) is 1. The lowest BCUT2D eigenvalue weighted by Gasteiger charge is -2.07. The molecule has 0 spiro atoms. The van der Waals surface area contributed by atoms with Gasteiger partial charge in [0.15, 0.2) is 0 Å². The number of hydrogen-bond acceptors (Lipinski definition) is 2. The van der Waals surface area contributed by atoms with Gasteiger partial charge in [-0.3, -0.25) is 0 Å². The van der Waals surface area contributed by atoms with Crippen LogP contribution in [0.3, 0.4) is 0 Å². The van der Waals surface area contributed by atoms with Crippen LogP contribution in [-0.4, -0.2) is 6.54 Å². The van der Waals surface area contributed by atoms with E-state index < -0.39 is 0 Å². The molecule has 2 aromatic rings. The van der Waals surface area contributed by atoms with Crippen molar-refractivity contribution in [2.45, 2.75) is 53.0 Å². The molecule has 20 heavy (non-hydrogen) atoms. The third-order valence-electron chi connectivity index (χ3n) is 4.24. The van der Waals surface area contributed by atoms with E-state index in [1.807, 2.05) is 0 Å². The Morgan fingerprint density at radius 1 is 1.20 bits per heavy atom. The van der Waals surface area contributed by atoms with E-state index in [-0.39, 0.29) is 0 Å². The van der Waals surface area contributed by atoms with E-state index in [1.54, 1.807) is 0 Å². The molecule has 2 nitrogen and oxygen atoms in total. The van der Waals surface area contributed by atoms with Gasteiger partial charge in [0.2, 0.25) is 0 Å². The minimum absolute atomic E-state index is 0.674.